The largest absolute Gasteiger partial charge is 0.339 e. The van der Waals surface area contributed by atoms with Gasteiger partial charge in [0.1, 0.15) is 0 Å². The van der Waals surface area contributed by atoms with Crippen LogP contribution >= 0.6 is 22.6 Å². The number of likely N-dealkylation sites (tertiary alicyclic amines) is 1. The molecule has 1 aliphatic rings. The zero-order valence-corrected chi connectivity index (χ0v) is 13.3. The minimum absolute atomic E-state index is 0.0279. The molecule has 0 atom stereocenters. The summed E-state index contributed by atoms with van der Waals surface area (Å²) in [7, 11) is 0. The molecule has 0 unspecified atom stereocenters. The third-order valence-corrected chi connectivity index (χ3v) is 4.42. The van der Waals surface area contributed by atoms with Crippen LogP contribution in [-0.4, -0.2) is 29.8 Å². The van der Waals surface area contributed by atoms with Crippen molar-refractivity contribution >= 4 is 40.1 Å². The smallest absolute Gasteiger partial charge is 0.245 e. The van der Waals surface area contributed by atoms with Crippen molar-refractivity contribution in [2.75, 3.05) is 18.4 Å². The molecule has 106 valence electrons. The number of piperidine rings is 1. The van der Waals surface area contributed by atoms with Gasteiger partial charge in [-0.05, 0) is 53.6 Å². The van der Waals surface area contributed by atoms with E-state index in [0.29, 0.717) is 25.9 Å². The van der Waals surface area contributed by atoms with E-state index in [1.54, 1.807) is 4.90 Å². The third-order valence-electron chi connectivity index (χ3n) is 3.48. The number of carbonyl (C=O) groups is 2. The van der Waals surface area contributed by atoms with Crippen molar-refractivity contribution in [1.82, 2.24) is 4.90 Å². The zero-order valence-electron chi connectivity index (χ0n) is 11.1. The van der Waals surface area contributed by atoms with Crippen molar-refractivity contribution < 1.29 is 9.59 Å². The number of benzene rings is 1. The summed E-state index contributed by atoms with van der Waals surface area (Å²) in [4.78, 5) is 25.5. The molecule has 5 heteroatoms. The topological polar surface area (TPSA) is 49.4 Å². The fraction of sp³-hybridized carbons (Fsp3) is 0.333. The standard InChI is InChI=1S/C15H17IN2O2/c1-2-14(19)18-9-7-11(8-10-18)15(20)17-13-6-4-3-5-12(13)16/h2-6,11H,1,7-10H2,(H,17,20). The van der Waals surface area contributed by atoms with Crippen molar-refractivity contribution in [3.8, 4) is 0 Å². The molecule has 0 aliphatic carbocycles. The van der Waals surface area contributed by atoms with Crippen LogP contribution in [0.1, 0.15) is 12.8 Å². The van der Waals surface area contributed by atoms with Crippen molar-refractivity contribution in [3.05, 3.63) is 40.5 Å². The lowest BCUT2D eigenvalue weighted by molar-refractivity contribution is -0.130. The Balaban J connectivity index is 1.91. The Morgan fingerprint density at radius 1 is 1.30 bits per heavy atom. The Kier molecular flexibility index (Phi) is 5.17. The van der Waals surface area contributed by atoms with E-state index in [-0.39, 0.29) is 17.7 Å². The SMILES string of the molecule is C=CC(=O)N1CCC(C(=O)Nc2ccccc2I)CC1. The van der Waals surface area contributed by atoms with E-state index in [1.807, 2.05) is 24.3 Å². The molecular weight excluding hydrogens is 367 g/mol. The van der Waals surface area contributed by atoms with Crippen molar-refractivity contribution in [3.63, 3.8) is 0 Å². The predicted molar refractivity (Wildman–Crippen MR) is 87.3 cm³/mol. The molecular formula is C15H17IN2O2. The Bertz CT molecular complexity index is 522. The van der Waals surface area contributed by atoms with Crippen LogP contribution in [0.3, 0.4) is 0 Å². The highest BCUT2D eigenvalue weighted by Crippen LogP contribution is 2.22. The Labute approximate surface area is 132 Å². The number of rotatable bonds is 3. The molecule has 2 amide bonds. The van der Waals surface area contributed by atoms with Gasteiger partial charge in [-0.3, -0.25) is 9.59 Å². The van der Waals surface area contributed by atoms with Crippen molar-refractivity contribution in [2.45, 2.75) is 12.8 Å². The summed E-state index contributed by atoms with van der Waals surface area (Å²) >= 11 is 2.20. The van der Waals surface area contributed by atoms with E-state index in [4.69, 9.17) is 0 Å². The fourth-order valence-corrected chi connectivity index (χ4v) is 2.81. The second kappa shape index (κ2) is 6.88. The molecule has 1 fully saturated rings. The minimum Gasteiger partial charge on any atom is -0.339 e. The first-order valence-electron chi connectivity index (χ1n) is 6.58. The first-order valence-corrected chi connectivity index (χ1v) is 7.66. The molecule has 1 heterocycles. The van der Waals surface area contributed by atoms with Gasteiger partial charge in [0.2, 0.25) is 11.8 Å². The summed E-state index contributed by atoms with van der Waals surface area (Å²) in [6.45, 7) is 4.72. The van der Waals surface area contributed by atoms with Gasteiger partial charge >= 0.3 is 0 Å². The number of amides is 2. The number of halogens is 1. The van der Waals surface area contributed by atoms with Gasteiger partial charge in [0, 0.05) is 22.6 Å². The van der Waals surface area contributed by atoms with E-state index in [9.17, 15) is 9.59 Å². The number of para-hydroxylation sites is 1. The van der Waals surface area contributed by atoms with Crippen LogP contribution < -0.4 is 5.32 Å². The van der Waals surface area contributed by atoms with Crippen molar-refractivity contribution in [2.24, 2.45) is 5.92 Å². The Hall–Kier alpha value is -1.37. The summed E-state index contributed by atoms with van der Waals surface area (Å²) in [6, 6.07) is 7.71. The molecule has 0 saturated carbocycles. The maximum absolute atomic E-state index is 12.2. The second-order valence-corrected chi connectivity index (χ2v) is 5.93. The van der Waals surface area contributed by atoms with Crippen molar-refractivity contribution in [1.29, 1.82) is 0 Å². The first kappa shape index (κ1) is 15.0. The van der Waals surface area contributed by atoms with Gasteiger partial charge in [-0.15, -0.1) is 0 Å². The molecule has 1 aromatic rings. The van der Waals surface area contributed by atoms with Crippen LogP contribution in [-0.2, 0) is 9.59 Å². The molecule has 20 heavy (non-hydrogen) atoms. The first-order chi connectivity index (χ1) is 9.61. The van der Waals surface area contributed by atoms with E-state index >= 15 is 0 Å². The molecule has 0 radical (unpaired) electrons. The highest BCUT2D eigenvalue weighted by molar-refractivity contribution is 14.1. The van der Waals surface area contributed by atoms with Gasteiger partial charge in [-0.1, -0.05) is 18.7 Å². The normalized spacial score (nSPS) is 15.8. The molecule has 4 nitrogen and oxygen atoms in total. The average Bonchev–Trinajstić information content (AvgIpc) is 2.49. The lowest BCUT2D eigenvalue weighted by Crippen LogP contribution is -2.40. The number of hydrogen-bond donors (Lipinski definition) is 1. The van der Waals surface area contributed by atoms with E-state index < -0.39 is 0 Å². The molecule has 1 saturated heterocycles. The number of nitrogens with zero attached hydrogens (tertiary/aromatic N) is 1. The minimum atomic E-state index is -0.0542. The van der Waals surface area contributed by atoms with Gasteiger partial charge in [-0.2, -0.15) is 0 Å². The Morgan fingerprint density at radius 2 is 1.95 bits per heavy atom. The molecule has 0 aromatic heterocycles. The quantitative estimate of drug-likeness (QED) is 0.644. The van der Waals surface area contributed by atoms with Gasteiger partial charge < -0.3 is 10.2 Å². The van der Waals surface area contributed by atoms with Gasteiger partial charge in [0.15, 0.2) is 0 Å². The van der Waals surface area contributed by atoms with Gasteiger partial charge in [0.25, 0.3) is 0 Å². The highest BCUT2D eigenvalue weighted by Gasteiger charge is 2.26. The number of carbonyl (C=O) groups excluding carboxylic acids is 2. The zero-order chi connectivity index (χ0) is 14.5. The highest BCUT2D eigenvalue weighted by atomic mass is 127. The summed E-state index contributed by atoms with van der Waals surface area (Å²) in [5.74, 6) is -0.0406. The van der Waals surface area contributed by atoms with Crippen LogP contribution in [0.5, 0.6) is 0 Å². The Morgan fingerprint density at radius 3 is 2.55 bits per heavy atom. The summed E-state index contributed by atoms with van der Waals surface area (Å²) in [5, 5.41) is 2.97. The predicted octanol–water partition coefficient (Wildman–Crippen LogP) is 2.65. The lowest BCUT2D eigenvalue weighted by atomic mass is 9.95. The maximum Gasteiger partial charge on any atom is 0.245 e. The lowest BCUT2D eigenvalue weighted by Gasteiger charge is -2.30. The monoisotopic (exact) mass is 384 g/mol. The van der Waals surface area contributed by atoms with Crippen LogP contribution in [0.25, 0.3) is 0 Å². The fourth-order valence-electron chi connectivity index (χ4n) is 2.29. The maximum atomic E-state index is 12.2. The van der Waals surface area contributed by atoms with E-state index in [0.717, 1.165) is 9.26 Å². The molecule has 1 N–H and O–H groups in total. The summed E-state index contributed by atoms with van der Waals surface area (Å²) in [6.07, 6.45) is 2.73. The van der Waals surface area contributed by atoms with Gasteiger partial charge in [-0.25, -0.2) is 0 Å². The molecule has 2 rings (SSSR count). The molecule has 1 aliphatic heterocycles. The third kappa shape index (κ3) is 3.59. The molecule has 1 aromatic carbocycles. The number of nitrogens with one attached hydrogen (secondary N) is 1. The molecule has 0 spiro atoms. The van der Waals surface area contributed by atoms with E-state index in [1.165, 1.54) is 6.08 Å². The summed E-state index contributed by atoms with van der Waals surface area (Å²) in [5.41, 5.74) is 0.850. The molecule has 0 bridgehead atoms. The van der Waals surface area contributed by atoms with Gasteiger partial charge in [0.05, 0.1) is 5.69 Å². The number of hydrogen-bond acceptors (Lipinski definition) is 2. The van der Waals surface area contributed by atoms with Crippen LogP contribution in [0.4, 0.5) is 5.69 Å². The average molecular weight is 384 g/mol. The van der Waals surface area contributed by atoms with Crippen LogP contribution in [0.2, 0.25) is 0 Å². The van der Waals surface area contributed by atoms with E-state index in [2.05, 4.69) is 34.5 Å². The number of anilines is 1. The van der Waals surface area contributed by atoms with Crippen LogP contribution in [0, 0.1) is 9.49 Å². The summed E-state index contributed by atoms with van der Waals surface area (Å²) < 4.78 is 1.03. The second-order valence-electron chi connectivity index (χ2n) is 4.77. The van der Waals surface area contributed by atoms with Crippen LogP contribution in [0.15, 0.2) is 36.9 Å².